The largest absolute Gasteiger partial charge is 0.493 e. The Hall–Kier alpha value is -6.39. The van der Waals surface area contributed by atoms with Crippen molar-refractivity contribution in [3.63, 3.8) is 0 Å². The van der Waals surface area contributed by atoms with Gasteiger partial charge in [-0.3, -0.25) is 24.2 Å². The summed E-state index contributed by atoms with van der Waals surface area (Å²) >= 11 is 0. The van der Waals surface area contributed by atoms with E-state index in [2.05, 4.69) is 20.6 Å². The third kappa shape index (κ3) is 15.6. The van der Waals surface area contributed by atoms with Crippen LogP contribution in [0.5, 0.6) is 17.4 Å². The monoisotopic (exact) mass is 850 g/mol. The van der Waals surface area contributed by atoms with Crippen molar-refractivity contribution in [2.45, 2.75) is 87.1 Å². The third-order valence-electron chi connectivity index (χ3n) is 8.71. The number of anilines is 2. The summed E-state index contributed by atoms with van der Waals surface area (Å²) in [6, 6.07) is 7.04. The minimum absolute atomic E-state index is 0.0207. The molecule has 1 fully saturated rings. The lowest BCUT2D eigenvalue weighted by molar-refractivity contribution is -0.116. The Kier molecular flexibility index (Phi) is 24.3. The SMILES string of the molecule is CC.CC.CC.CCOC(=O)c1nc(OC)cn1C.COc1cc2c(cc1OCCCC(=O)Nc1cc(C)n(C)c1)N=CC1CCCN1C2=O.Cn1cc(NC=O)cc1C=O. The molecule has 1 atom stereocenters. The molecule has 2 aliphatic rings. The number of rotatable bonds is 13. The number of aryl methyl sites for hydroxylation is 4. The Balaban J connectivity index is 0.000000511. The van der Waals surface area contributed by atoms with Crippen LogP contribution in [0.25, 0.3) is 0 Å². The molecule has 0 spiro atoms. The topological polar surface area (TPSA) is 190 Å². The third-order valence-corrected chi connectivity index (χ3v) is 8.71. The molecule has 0 aliphatic carbocycles. The van der Waals surface area contributed by atoms with Crippen LogP contribution in [-0.4, -0.2) is 100 Å². The fraction of sp³-hybridized carbons (Fsp3) is 0.477. The van der Waals surface area contributed by atoms with Crippen LogP contribution < -0.4 is 24.8 Å². The van der Waals surface area contributed by atoms with Gasteiger partial charge < -0.3 is 48.2 Å². The minimum Gasteiger partial charge on any atom is -0.493 e. The van der Waals surface area contributed by atoms with Crippen molar-refractivity contribution < 1.29 is 42.9 Å². The van der Waals surface area contributed by atoms with Crippen LogP contribution in [0.2, 0.25) is 0 Å². The highest BCUT2D eigenvalue weighted by atomic mass is 16.5. The first-order chi connectivity index (χ1) is 29.4. The van der Waals surface area contributed by atoms with Gasteiger partial charge in [0, 0.05) is 64.5 Å². The molecule has 4 aromatic rings. The Morgan fingerprint density at radius 3 is 2.13 bits per heavy atom. The van der Waals surface area contributed by atoms with Gasteiger partial charge in [0.25, 0.3) is 5.91 Å². The number of hydrogen-bond acceptors (Lipinski definition) is 11. The van der Waals surface area contributed by atoms with Gasteiger partial charge in [-0.15, -0.1) is 0 Å². The molecular formula is C44H66N8O9. The van der Waals surface area contributed by atoms with Gasteiger partial charge >= 0.3 is 5.97 Å². The second kappa shape index (κ2) is 28.1. The number of aliphatic imine (C=N–C) groups is 1. The number of esters is 1. The fourth-order valence-electron chi connectivity index (χ4n) is 5.77. The average molecular weight is 851 g/mol. The summed E-state index contributed by atoms with van der Waals surface area (Å²) in [5.41, 5.74) is 4.16. The van der Waals surface area contributed by atoms with E-state index in [0.717, 1.165) is 37.1 Å². The Labute approximate surface area is 360 Å². The lowest BCUT2D eigenvalue weighted by Gasteiger charge is -2.20. The predicted octanol–water partition coefficient (Wildman–Crippen LogP) is 7.55. The maximum atomic E-state index is 12.9. The Morgan fingerprint density at radius 2 is 1.57 bits per heavy atom. The summed E-state index contributed by atoms with van der Waals surface area (Å²) in [4.78, 5) is 66.9. The summed E-state index contributed by atoms with van der Waals surface area (Å²) in [6.45, 7) is 17.2. The number of hydrogen-bond donors (Lipinski definition) is 2. The number of fused-ring (bicyclic) bond motifs is 2. The molecular weight excluding hydrogens is 785 g/mol. The maximum absolute atomic E-state index is 12.9. The number of nitrogens with one attached hydrogen (secondary N) is 2. The molecule has 3 aromatic heterocycles. The summed E-state index contributed by atoms with van der Waals surface area (Å²) in [5, 5.41) is 5.34. The molecule has 1 aromatic carbocycles. The number of methoxy groups -OCH3 is 2. The number of aromatic nitrogens is 4. The van der Waals surface area contributed by atoms with E-state index in [1.807, 2.05) is 83.5 Å². The second-order valence-electron chi connectivity index (χ2n) is 12.6. The van der Waals surface area contributed by atoms with E-state index < -0.39 is 5.97 Å². The van der Waals surface area contributed by atoms with Crippen LogP contribution in [0.4, 0.5) is 17.1 Å². The van der Waals surface area contributed by atoms with E-state index in [1.165, 1.54) is 7.11 Å². The van der Waals surface area contributed by atoms with E-state index in [9.17, 15) is 24.0 Å². The minimum atomic E-state index is -0.437. The van der Waals surface area contributed by atoms with Crippen LogP contribution in [0, 0.1) is 6.92 Å². The van der Waals surface area contributed by atoms with Gasteiger partial charge in [0.1, 0.15) is 0 Å². The van der Waals surface area contributed by atoms with E-state index in [1.54, 1.807) is 67.9 Å². The first-order valence-electron chi connectivity index (χ1n) is 20.6. The van der Waals surface area contributed by atoms with Crippen molar-refractivity contribution in [3.05, 3.63) is 65.6 Å². The van der Waals surface area contributed by atoms with Crippen molar-refractivity contribution >= 4 is 53.8 Å². The number of nitrogens with zero attached hydrogens (tertiary/aromatic N) is 6. The van der Waals surface area contributed by atoms with Crippen LogP contribution in [0.15, 0.2) is 47.8 Å². The highest BCUT2D eigenvalue weighted by Crippen LogP contribution is 2.38. The molecule has 2 N–H and O–H groups in total. The summed E-state index contributed by atoms with van der Waals surface area (Å²) in [7, 11) is 8.43. The number of aldehydes is 1. The summed E-state index contributed by atoms with van der Waals surface area (Å²) in [5.74, 6) is 1.15. The molecule has 0 saturated carbocycles. The summed E-state index contributed by atoms with van der Waals surface area (Å²) < 4.78 is 26.1. The van der Waals surface area contributed by atoms with Gasteiger partial charge in [-0.2, -0.15) is 4.98 Å². The molecule has 6 rings (SSSR count). The molecule has 17 heteroatoms. The van der Waals surface area contributed by atoms with Crippen LogP contribution in [0.1, 0.15) is 111 Å². The molecule has 61 heavy (non-hydrogen) atoms. The van der Waals surface area contributed by atoms with E-state index >= 15 is 0 Å². The molecule has 0 bridgehead atoms. The van der Waals surface area contributed by atoms with E-state index in [-0.39, 0.29) is 23.7 Å². The lowest BCUT2D eigenvalue weighted by Crippen LogP contribution is -2.35. The van der Waals surface area contributed by atoms with Crippen molar-refractivity contribution in [2.24, 2.45) is 26.1 Å². The number of benzene rings is 1. The lowest BCUT2D eigenvalue weighted by atomic mass is 10.1. The van der Waals surface area contributed by atoms with Crippen molar-refractivity contribution in [1.82, 2.24) is 23.6 Å². The molecule has 0 radical (unpaired) electrons. The van der Waals surface area contributed by atoms with Gasteiger partial charge in [-0.25, -0.2) is 4.79 Å². The molecule has 1 saturated heterocycles. The maximum Gasteiger partial charge on any atom is 0.374 e. The standard InChI is InChI=1S/C23H28N4O4.C8H12N2O3.C7H8N2O2.3C2H6/c1-15-10-16(14-26(15)2)25-22(28)7-5-9-31-21-12-19-18(11-20(21)30-3)23(29)27-8-4-6-17(27)13-24-19;1-4-13-8(11)7-9-6(12-3)5-10(7)2;1-9-3-6(8-5-11)2-7(9)4-10;3*1-2/h10-14,17H,4-9H2,1-3H3,(H,25,28);5H,4H2,1-3H3;2-5H,1H3,(H,8,11);3*1-2H3. The van der Waals surface area contributed by atoms with Gasteiger partial charge in [0.2, 0.25) is 24.0 Å². The number of carbonyl (C=O) groups is 5. The fourth-order valence-corrected chi connectivity index (χ4v) is 5.77. The van der Waals surface area contributed by atoms with Gasteiger partial charge in [-0.1, -0.05) is 41.5 Å². The van der Waals surface area contributed by atoms with Gasteiger partial charge in [-0.05, 0) is 51.3 Å². The van der Waals surface area contributed by atoms with Crippen molar-refractivity contribution in [2.75, 3.05) is 44.6 Å². The molecule has 5 heterocycles. The number of carbonyl (C=O) groups excluding carboxylic acids is 5. The number of ether oxygens (including phenoxy) is 4. The first kappa shape index (κ1) is 52.6. The highest BCUT2D eigenvalue weighted by molar-refractivity contribution is 6.03. The highest BCUT2D eigenvalue weighted by Gasteiger charge is 2.32. The molecule has 336 valence electrons. The van der Waals surface area contributed by atoms with Gasteiger partial charge in [0.05, 0.1) is 68.0 Å². The van der Waals surface area contributed by atoms with E-state index in [0.29, 0.717) is 72.5 Å². The average Bonchev–Trinajstić information content (AvgIpc) is 4.05. The molecule has 3 amide bonds. The Morgan fingerprint density at radius 1 is 0.885 bits per heavy atom. The zero-order valence-electron chi connectivity index (χ0n) is 38.2. The van der Waals surface area contributed by atoms with Crippen LogP contribution >= 0.6 is 0 Å². The summed E-state index contributed by atoms with van der Waals surface area (Å²) in [6.07, 6.45) is 11.1. The molecule has 2 aliphatic heterocycles. The van der Waals surface area contributed by atoms with Gasteiger partial charge in [0.15, 0.2) is 17.8 Å². The van der Waals surface area contributed by atoms with Crippen molar-refractivity contribution in [3.8, 4) is 17.4 Å². The molecule has 17 nitrogen and oxygen atoms in total. The van der Waals surface area contributed by atoms with Crippen LogP contribution in [0.3, 0.4) is 0 Å². The van der Waals surface area contributed by atoms with Crippen LogP contribution in [-0.2, 0) is 35.5 Å². The normalized spacial score (nSPS) is 12.8. The predicted molar refractivity (Wildman–Crippen MR) is 239 cm³/mol. The zero-order valence-corrected chi connectivity index (χ0v) is 38.2. The first-order valence-corrected chi connectivity index (χ1v) is 20.6. The quantitative estimate of drug-likeness (QED) is 0.0772. The second-order valence-corrected chi connectivity index (χ2v) is 12.6. The van der Waals surface area contributed by atoms with Crippen molar-refractivity contribution in [1.29, 1.82) is 0 Å². The molecule has 1 unspecified atom stereocenters. The number of amides is 3. The number of imidazole rings is 1. The smallest absolute Gasteiger partial charge is 0.374 e. The zero-order chi connectivity index (χ0) is 46.1. The van der Waals surface area contributed by atoms with E-state index in [4.69, 9.17) is 18.9 Å². The Bertz CT molecular complexity index is 2000.